The molecule has 0 amide bonds. The van der Waals surface area contributed by atoms with E-state index >= 15 is 0 Å². The van der Waals surface area contributed by atoms with E-state index in [0.29, 0.717) is 0 Å². The van der Waals surface area contributed by atoms with Crippen molar-refractivity contribution in [1.82, 2.24) is 0 Å². The van der Waals surface area contributed by atoms with Crippen LogP contribution in [0.1, 0.15) is 797 Å². The fourth-order valence-electron chi connectivity index (χ4n) is 21.4. The molecule has 0 atom stereocenters. The average molecular weight is 1740 g/mol. The van der Waals surface area contributed by atoms with Crippen LogP contribution in [0.25, 0.3) is 0 Å². The Kier molecular flexibility index (Phi) is 123. The third-order valence-corrected chi connectivity index (χ3v) is 30.5. The van der Waals surface area contributed by atoms with Crippen molar-refractivity contribution < 1.29 is 0 Å². The van der Waals surface area contributed by atoms with Crippen LogP contribution >= 0.6 is 0 Å². The smallest absolute Gasteiger partial charge is 0.0533 e. The fraction of sp³-hybridized carbons (Fsp3) is 1.00. The summed E-state index contributed by atoms with van der Waals surface area (Å²) in [5.41, 5.74) is 0. The van der Waals surface area contributed by atoms with E-state index < -0.39 is 0 Å². The summed E-state index contributed by atoms with van der Waals surface area (Å²) in [6.45, 7) is 4.64. The van der Waals surface area contributed by atoms with Gasteiger partial charge < -0.3 is 0 Å². The zero-order valence-electron chi connectivity index (χ0n) is 88.3. The molecule has 0 aliphatic rings. The molecule has 0 N–H and O–H groups in total. The van der Waals surface area contributed by atoms with E-state index in [1.165, 1.54) is 783 Å². The molecular formula is C124H250. The van der Waals surface area contributed by atoms with Gasteiger partial charge in [0.25, 0.3) is 0 Å². The average Bonchev–Trinajstić information content (AvgIpc) is 1.21. The monoisotopic (exact) mass is 1740 g/mol. The lowest BCUT2D eigenvalue weighted by molar-refractivity contribution is 0.505. The Morgan fingerprint density at radius 2 is 0.0645 bits per heavy atom. The summed E-state index contributed by atoms with van der Waals surface area (Å²) >= 11 is 0. The molecular weight excluding hydrogens is 1490 g/mol. The molecule has 0 aromatic heterocycles. The molecule has 0 aromatic rings. The van der Waals surface area contributed by atoms with Gasteiger partial charge in [-0.15, -0.1) is 0 Å². The van der Waals surface area contributed by atoms with E-state index in [1.54, 1.807) is 0 Å². The lowest BCUT2D eigenvalue weighted by atomic mass is 10.0. The molecule has 0 heteroatoms. The van der Waals surface area contributed by atoms with Crippen molar-refractivity contribution >= 4 is 0 Å². The highest BCUT2D eigenvalue weighted by Gasteiger charge is 2.06. The van der Waals surface area contributed by atoms with Gasteiger partial charge in [0.1, 0.15) is 0 Å². The Balaban J connectivity index is 3.10. The van der Waals surface area contributed by atoms with Crippen molar-refractivity contribution in [3.8, 4) is 0 Å². The molecule has 0 aliphatic heterocycles. The van der Waals surface area contributed by atoms with Crippen molar-refractivity contribution in [2.45, 2.75) is 797 Å². The second-order valence-corrected chi connectivity index (χ2v) is 43.4. The van der Waals surface area contributed by atoms with Gasteiger partial charge in [-0.2, -0.15) is 0 Å². The summed E-state index contributed by atoms with van der Waals surface area (Å²) in [5.74, 6) is 0. The van der Waals surface area contributed by atoms with E-state index in [0.717, 1.165) is 0 Å². The minimum atomic E-state index is 1.37. The third kappa shape index (κ3) is 122. The van der Waals surface area contributed by atoms with Crippen LogP contribution in [-0.2, 0) is 0 Å². The number of unbranched alkanes of at least 4 members (excludes halogenated alkanes) is 121. The van der Waals surface area contributed by atoms with Crippen LogP contribution in [0.4, 0.5) is 0 Å². The predicted molar refractivity (Wildman–Crippen MR) is 575 cm³/mol. The second-order valence-electron chi connectivity index (χ2n) is 43.4. The van der Waals surface area contributed by atoms with Gasteiger partial charge >= 0.3 is 0 Å². The van der Waals surface area contributed by atoms with Crippen molar-refractivity contribution in [2.24, 2.45) is 0 Å². The van der Waals surface area contributed by atoms with Gasteiger partial charge in [0.2, 0.25) is 0 Å². The van der Waals surface area contributed by atoms with E-state index in [4.69, 9.17) is 0 Å². The first-order chi connectivity index (χ1) is 61.9. The fourth-order valence-corrected chi connectivity index (χ4v) is 21.4. The summed E-state index contributed by atoms with van der Waals surface area (Å²) in [5, 5.41) is 0. The van der Waals surface area contributed by atoms with Gasteiger partial charge in [-0.05, 0) is 0 Å². The van der Waals surface area contributed by atoms with Crippen LogP contribution in [-0.4, -0.2) is 0 Å². The molecule has 124 heavy (non-hydrogen) atoms. The Bertz CT molecular complexity index is 1480. The molecule has 0 bridgehead atoms. The van der Waals surface area contributed by atoms with Crippen molar-refractivity contribution in [3.05, 3.63) is 0 Å². The van der Waals surface area contributed by atoms with Crippen molar-refractivity contribution in [2.75, 3.05) is 0 Å². The zero-order chi connectivity index (χ0) is 88.3. The Morgan fingerprint density at radius 1 is 0.0403 bits per heavy atom. The summed E-state index contributed by atoms with van der Waals surface area (Å²) in [7, 11) is 0. The quantitative estimate of drug-likeness (QED) is 0.0533. The topological polar surface area (TPSA) is 0 Å². The second kappa shape index (κ2) is 123. The van der Waals surface area contributed by atoms with Crippen LogP contribution < -0.4 is 0 Å². The van der Waals surface area contributed by atoms with Gasteiger partial charge in [-0.1, -0.05) is 797 Å². The summed E-state index contributed by atoms with van der Waals surface area (Å²) < 4.78 is 0. The summed E-state index contributed by atoms with van der Waals surface area (Å²) in [6.07, 6.45) is 182. The highest BCUT2D eigenvalue weighted by molar-refractivity contribution is 4.62. The molecule has 0 aliphatic carbocycles. The van der Waals surface area contributed by atoms with Gasteiger partial charge in [-0.3, -0.25) is 0 Å². The lowest BCUT2D eigenvalue weighted by Gasteiger charge is -2.05. The first-order valence-corrected chi connectivity index (χ1v) is 61.9. The molecule has 0 saturated heterocycles. The zero-order valence-corrected chi connectivity index (χ0v) is 88.3. The standard InChI is InChI=1S/C124H250/c1-3-5-7-9-11-13-15-17-19-21-23-25-27-29-31-33-35-37-39-41-43-45-47-49-51-53-55-57-59-61-63-65-67-69-71-73-75-77-79-81-83-85-87-89-91-93-95-97-99-101-103-105-107-109-111-113-115-117-119-121-123-124-122-120-118-116-114-112-110-108-106-104-102-100-98-96-94-92-90-88-86-84-82-80-78-76-74-72-70-68-66-64-62-60-58-56-54-52-50-48-46-44-42-40-38-36-34-32-30-28-26-24-22-20-18-16-14-12-10-8-6-4-2/h3-124H2,1-2H3. The molecule has 0 fully saturated rings. The van der Waals surface area contributed by atoms with Crippen LogP contribution in [0.3, 0.4) is 0 Å². The Labute approximate surface area is 792 Å². The van der Waals surface area contributed by atoms with Crippen LogP contribution in [0, 0.1) is 0 Å². The molecule has 0 rings (SSSR count). The molecule has 746 valence electrons. The minimum Gasteiger partial charge on any atom is -0.0654 e. The maximum Gasteiger partial charge on any atom is -0.0533 e. The largest absolute Gasteiger partial charge is 0.0654 e. The van der Waals surface area contributed by atoms with Crippen molar-refractivity contribution in [1.29, 1.82) is 0 Å². The summed E-state index contributed by atoms with van der Waals surface area (Å²) in [4.78, 5) is 0. The maximum absolute atomic E-state index is 2.32. The van der Waals surface area contributed by atoms with Crippen LogP contribution in [0.5, 0.6) is 0 Å². The Hall–Kier alpha value is 0. The molecule has 0 spiro atoms. The number of rotatable bonds is 121. The molecule has 0 saturated carbocycles. The SMILES string of the molecule is CCCCCCCCCCCCCCCCCCCCCCCCCCCCCCCCCCCCCCCCCCCCCCCCCCCCCCCCCCCCCCCCCCCCCCCCCCCCCCCCCCCCCCCCCCCCCCCCCCCCCCCCCCCCCCCCCCCCCCCCCCCC. The maximum atomic E-state index is 2.32. The molecule has 0 heterocycles. The lowest BCUT2D eigenvalue weighted by Crippen LogP contribution is -1.85. The highest BCUT2D eigenvalue weighted by Crippen LogP contribution is 2.26. The van der Waals surface area contributed by atoms with Crippen molar-refractivity contribution in [3.63, 3.8) is 0 Å². The first-order valence-electron chi connectivity index (χ1n) is 61.9. The minimum absolute atomic E-state index is 1.37. The van der Waals surface area contributed by atoms with Gasteiger partial charge in [0, 0.05) is 0 Å². The van der Waals surface area contributed by atoms with E-state index in [9.17, 15) is 0 Å². The highest BCUT2D eigenvalue weighted by atomic mass is 14.1. The molecule has 0 aromatic carbocycles. The third-order valence-electron chi connectivity index (χ3n) is 30.5. The molecule has 0 unspecified atom stereocenters. The number of hydrogen-bond donors (Lipinski definition) is 0. The van der Waals surface area contributed by atoms with Gasteiger partial charge in [0.05, 0.1) is 0 Å². The predicted octanol–water partition coefficient (Wildman–Crippen LogP) is 48.6. The van der Waals surface area contributed by atoms with E-state index in [2.05, 4.69) is 13.8 Å². The summed E-state index contributed by atoms with van der Waals surface area (Å²) in [6, 6.07) is 0. The first kappa shape index (κ1) is 124. The van der Waals surface area contributed by atoms with Gasteiger partial charge in [-0.25, -0.2) is 0 Å². The number of hydrogen-bond acceptors (Lipinski definition) is 0. The van der Waals surface area contributed by atoms with Crippen LogP contribution in [0.2, 0.25) is 0 Å². The molecule has 0 nitrogen and oxygen atoms in total. The normalized spacial score (nSPS) is 11.9. The Morgan fingerprint density at radius 3 is 0.0887 bits per heavy atom. The van der Waals surface area contributed by atoms with E-state index in [-0.39, 0.29) is 0 Å². The molecule has 0 radical (unpaired) electrons. The van der Waals surface area contributed by atoms with Crippen LogP contribution in [0.15, 0.2) is 0 Å². The van der Waals surface area contributed by atoms with E-state index in [1.807, 2.05) is 0 Å². The van der Waals surface area contributed by atoms with Gasteiger partial charge in [0.15, 0.2) is 0 Å².